The molecule has 2 aromatic rings. The van der Waals surface area contributed by atoms with Crippen LogP contribution in [-0.2, 0) is 4.74 Å². The zero-order valence-electron chi connectivity index (χ0n) is 12.0. The van der Waals surface area contributed by atoms with Gasteiger partial charge in [0.2, 0.25) is 5.78 Å². The van der Waals surface area contributed by atoms with Gasteiger partial charge in [0.15, 0.2) is 0 Å². The standard InChI is InChI=1S/C16H13F2NO3/c1-8(2)10-4-5-11(17)13(14(10)18)15(20)9-6-12(19-7-9)16(21)22-3/h4-7,19H,1H2,2-3H3. The Balaban J connectivity index is 2.50. The van der Waals surface area contributed by atoms with E-state index in [2.05, 4.69) is 16.3 Å². The quantitative estimate of drug-likeness (QED) is 0.696. The highest BCUT2D eigenvalue weighted by Gasteiger charge is 2.23. The molecule has 1 aromatic heterocycles. The summed E-state index contributed by atoms with van der Waals surface area (Å²) in [6.45, 7) is 5.14. The van der Waals surface area contributed by atoms with E-state index >= 15 is 0 Å². The summed E-state index contributed by atoms with van der Waals surface area (Å²) in [7, 11) is 1.18. The van der Waals surface area contributed by atoms with Crippen molar-refractivity contribution in [2.45, 2.75) is 6.92 Å². The third kappa shape index (κ3) is 2.67. The third-order valence-corrected chi connectivity index (χ3v) is 3.13. The van der Waals surface area contributed by atoms with E-state index in [1.807, 2.05) is 0 Å². The molecule has 0 fully saturated rings. The van der Waals surface area contributed by atoms with Gasteiger partial charge in [-0.05, 0) is 30.7 Å². The lowest BCUT2D eigenvalue weighted by atomic mass is 9.98. The van der Waals surface area contributed by atoms with Gasteiger partial charge in [0.1, 0.15) is 17.3 Å². The molecule has 1 heterocycles. The Kier molecular flexibility index (Phi) is 4.21. The lowest BCUT2D eigenvalue weighted by molar-refractivity contribution is 0.0595. The van der Waals surface area contributed by atoms with Crippen LogP contribution in [0.25, 0.3) is 5.57 Å². The van der Waals surface area contributed by atoms with Gasteiger partial charge in [-0.1, -0.05) is 6.58 Å². The molecule has 114 valence electrons. The van der Waals surface area contributed by atoms with Crippen molar-refractivity contribution in [1.82, 2.24) is 4.98 Å². The molecule has 0 aliphatic heterocycles. The summed E-state index contributed by atoms with van der Waals surface area (Å²) in [5.74, 6) is -3.51. The average molecular weight is 305 g/mol. The van der Waals surface area contributed by atoms with Gasteiger partial charge in [-0.15, -0.1) is 0 Å². The molecule has 1 N–H and O–H groups in total. The van der Waals surface area contributed by atoms with Crippen molar-refractivity contribution in [2.24, 2.45) is 0 Å². The third-order valence-electron chi connectivity index (χ3n) is 3.13. The molecule has 6 heteroatoms. The lowest BCUT2D eigenvalue weighted by Gasteiger charge is -2.08. The summed E-state index contributed by atoms with van der Waals surface area (Å²) >= 11 is 0. The summed E-state index contributed by atoms with van der Waals surface area (Å²) in [4.78, 5) is 26.2. The number of methoxy groups -OCH3 is 1. The number of ether oxygens (including phenoxy) is 1. The Bertz CT molecular complexity index is 778. The molecule has 0 amide bonds. The van der Waals surface area contributed by atoms with E-state index in [1.165, 1.54) is 25.4 Å². The normalized spacial score (nSPS) is 10.4. The minimum absolute atomic E-state index is 0.0164. The Morgan fingerprint density at radius 3 is 2.55 bits per heavy atom. The molecular formula is C16H13F2NO3. The van der Waals surface area contributed by atoms with Crippen molar-refractivity contribution in [2.75, 3.05) is 7.11 Å². The summed E-state index contributed by atoms with van der Waals surface area (Å²) < 4.78 is 32.7. The SMILES string of the molecule is C=C(C)c1ccc(F)c(C(=O)c2c[nH]c(C(=O)OC)c2)c1F. The molecule has 0 bridgehead atoms. The van der Waals surface area contributed by atoms with Crippen molar-refractivity contribution in [3.05, 3.63) is 65.0 Å². The number of nitrogens with one attached hydrogen (secondary N) is 1. The molecule has 0 saturated carbocycles. The van der Waals surface area contributed by atoms with Crippen LogP contribution in [0.5, 0.6) is 0 Å². The summed E-state index contributed by atoms with van der Waals surface area (Å²) in [6.07, 6.45) is 1.20. The van der Waals surface area contributed by atoms with Crippen LogP contribution in [0.2, 0.25) is 0 Å². The first kappa shape index (κ1) is 15.6. The molecule has 0 radical (unpaired) electrons. The number of hydrogen-bond acceptors (Lipinski definition) is 3. The van der Waals surface area contributed by atoms with Crippen LogP contribution in [0, 0.1) is 11.6 Å². The van der Waals surface area contributed by atoms with Crippen LogP contribution in [0.1, 0.15) is 38.9 Å². The number of rotatable bonds is 4. The fourth-order valence-corrected chi connectivity index (χ4v) is 1.99. The van der Waals surface area contributed by atoms with E-state index < -0.39 is 29.0 Å². The van der Waals surface area contributed by atoms with Crippen LogP contribution >= 0.6 is 0 Å². The van der Waals surface area contributed by atoms with Crippen LogP contribution in [0.3, 0.4) is 0 Å². The van der Waals surface area contributed by atoms with Crippen LogP contribution in [-0.4, -0.2) is 23.8 Å². The van der Waals surface area contributed by atoms with Crippen molar-refractivity contribution >= 4 is 17.3 Å². The van der Waals surface area contributed by atoms with Gasteiger partial charge >= 0.3 is 5.97 Å². The van der Waals surface area contributed by atoms with E-state index in [9.17, 15) is 18.4 Å². The number of aromatic amines is 1. The Morgan fingerprint density at radius 2 is 1.95 bits per heavy atom. The number of carbonyl (C=O) groups excluding carboxylic acids is 2. The number of halogens is 2. The monoisotopic (exact) mass is 305 g/mol. The fraction of sp³-hybridized carbons (Fsp3) is 0.125. The van der Waals surface area contributed by atoms with E-state index in [-0.39, 0.29) is 16.8 Å². The van der Waals surface area contributed by atoms with Crippen molar-refractivity contribution in [3.8, 4) is 0 Å². The Hall–Kier alpha value is -2.76. The first-order valence-corrected chi connectivity index (χ1v) is 6.32. The second-order valence-electron chi connectivity index (χ2n) is 4.69. The molecule has 2 rings (SSSR count). The average Bonchev–Trinajstić information content (AvgIpc) is 2.95. The molecule has 0 atom stereocenters. The van der Waals surface area contributed by atoms with Crippen LogP contribution in [0.15, 0.2) is 31.0 Å². The predicted molar refractivity (Wildman–Crippen MR) is 76.6 cm³/mol. The minimum atomic E-state index is -0.978. The fourth-order valence-electron chi connectivity index (χ4n) is 1.99. The highest BCUT2D eigenvalue weighted by molar-refractivity contribution is 6.10. The second-order valence-corrected chi connectivity index (χ2v) is 4.69. The number of benzene rings is 1. The van der Waals surface area contributed by atoms with Crippen LogP contribution in [0.4, 0.5) is 8.78 Å². The van der Waals surface area contributed by atoms with Gasteiger partial charge in [0.05, 0.1) is 12.7 Å². The molecule has 0 saturated heterocycles. The minimum Gasteiger partial charge on any atom is -0.464 e. The molecule has 1 aromatic carbocycles. The van der Waals surface area contributed by atoms with Gasteiger partial charge in [0, 0.05) is 17.3 Å². The Labute approximate surface area is 125 Å². The maximum atomic E-state index is 14.3. The van der Waals surface area contributed by atoms with Crippen molar-refractivity contribution in [3.63, 3.8) is 0 Å². The zero-order valence-corrected chi connectivity index (χ0v) is 12.0. The zero-order chi connectivity index (χ0) is 16.4. The van der Waals surface area contributed by atoms with E-state index in [1.54, 1.807) is 6.92 Å². The molecule has 22 heavy (non-hydrogen) atoms. The lowest BCUT2D eigenvalue weighted by Crippen LogP contribution is -2.09. The first-order valence-electron chi connectivity index (χ1n) is 6.32. The molecule has 0 spiro atoms. The number of hydrogen-bond donors (Lipinski definition) is 1. The number of esters is 1. The largest absolute Gasteiger partial charge is 0.464 e. The topological polar surface area (TPSA) is 59.2 Å². The summed E-state index contributed by atoms with van der Waals surface area (Å²) in [5.41, 5.74) is -0.278. The van der Waals surface area contributed by atoms with Gasteiger partial charge in [-0.2, -0.15) is 0 Å². The van der Waals surface area contributed by atoms with Gasteiger partial charge in [-0.25, -0.2) is 13.6 Å². The van der Waals surface area contributed by atoms with Crippen molar-refractivity contribution in [1.29, 1.82) is 0 Å². The second kappa shape index (κ2) is 5.93. The molecule has 4 nitrogen and oxygen atoms in total. The molecular weight excluding hydrogens is 292 g/mol. The van der Waals surface area contributed by atoms with Gasteiger partial charge in [0.25, 0.3) is 0 Å². The van der Waals surface area contributed by atoms with Crippen LogP contribution < -0.4 is 0 Å². The number of allylic oxidation sites excluding steroid dienone is 1. The van der Waals surface area contributed by atoms with E-state index in [0.29, 0.717) is 5.57 Å². The van der Waals surface area contributed by atoms with Crippen molar-refractivity contribution < 1.29 is 23.1 Å². The highest BCUT2D eigenvalue weighted by Crippen LogP contribution is 2.24. The number of ketones is 1. The maximum absolute atomic E-state index is 14.3. The van der Waals surface area contributed by atoms with Gasteiger partial charge in [-0.3, -0.25) is 4.79 Å². The summed E-state index contributed by atoms with van der Waals surface area (Å²) in [6, 6.07) is 3.41. The highest BCUT2D eigenvalue weighted by atomic mass is 19.1. The molecule has 0 aliphatic rings. The summed E-state index contributed by atoms with van der Waals surface area (Å²) in [5, 5.41) is 0. The van der Waals surface area contributed by atoms with E-state index in [0.717, 1.165) is 6.07 Å². The van der Waals surface area contributed by atoms with E-state index in [4.69, 9.17) is 0 Å². The number of carbonyl (C=O) groups is 2. The predicted octanol–water partition coefficient (Wildman–Crippen LogP) is 3.34. The number of H-pyrrole nitrogens is 1. The molecule has 0 aliphatic carbocycles. The smallest absolute Gasteiger partial charge is 0.354 e. The first-order chi connectivity index (χ1) is 10.4. The Morgan fingerprint density at radius 1 is 1.27 bits per heavy atom. The van der Waals surface area contributed by atoms with Gasteiger partial charge < -0.3 is 9.72 Å². The maximum Gasteiger partial charge on any atom is 0.354 e. The molecule has 0 unspecified atom stereocenters. The number of aromatic nitrogens is 1.